The van der Waals surface area contributed by atoms with Gasteiger partial charge in [-0.2, -0.15) is 0 Å². The quantitative estimate of drug-likeness (QED) is 0.467. The van der Waals surface area contributed by atoms with Gasteiger partial charge in [0.25, 0.3) is 16.8 Å². The monoisotopic (exact) mass is 387 g/mol. The number of rotatable bonds is 8. The zero-order chi connectivity index (χ0) is 21.2. The third-order valence-corrected chi connectivity index (χ3v) is 4.50. The fraction of sp³-hybridized carbons (Fsp3) is 0.400. The van der Waals surface area contributed by atoms with Gasteiger partial charge in [0.05, 0.1) is 17.3 Å². The third-order valence-electron chi connectivity index (χ3n) is 4.50. The Kier molecular flexibility index (Phi) is 6.23. The number of para-hydroxylation sites is 1. The van der Waals surface area contributed by atoms with E-state index in [9.17, 15) is 24.3 Å². The highest BCUT2D eigenvalue weighted by Gasteiger charge is 2.28. The second-order valence-electron chi connectivity index (χ2n) is 7.12. The summed E-state index contributed by atoms with van der Waals surface area (Å²) in [5, 5.41) is 16.0. The highest BCUT2D eigenvalue weighted by Crippen LogP contribution is 2.32. The summed E-state index contributed by atoms with van der Waals surface area (Å²) in [7, 11) is 3.11. The first-order valence-electron chi connectivity index (χ1n) is 9.03. The van der Waals surface area contributed by atoms with E-state index in [0.29, 0.717) is 6.42 Å². The largest absolute Gasteiger partial charge is 0.505 e. The van der Waals surface area contributed by atoms with Crippen molar-refractivity contribution in [2.45, 2.75) is 33.2 Å². The molecule has 0 aliphatic carbocycles. The van der Waals surface area contributed by atoms with Crippen LogP contribution < -0.4 is 21.5 Å². The van der Waals surface area contributed by atoms with Crippen LogP contribution >= 0.6 is 0 Å². The van der Waals surface area contributed by atoms with Gasteiger partial charge >= 0.3 is 0 Å². The average Bonchev–Trinajstić information content (AvgIpc) is 2.66. The van der Waals surface area contributed by atoms with Crippen LogP contribution in [0.15, 0.2) is 27.8 Å². The Morgan fingerprint density at radius 1 is 1.11 bits per heavy atom. The maximum Gasteiger partial charge on any atom is 0.257 e. The normalized spacial score (nSPS) is 12.1. The van der Waals surface area contributed by atoms with Gasteiger partial charge in [0, 0.05) is 20.5 Å². The number of nitrogens with one attached hydrogen (secondary N) is 2. The summed E-state index contributed by atoms with van der Waals surface area (Å²) in [4.78, 5) is 49.7. The summed E-state index contributed by atoms with van der Waals surface area (Å²) in [6, 6.07) is 3.89. The number of carbonyl (C=O) groups excluding carboxylic acids is 2. The lowest BCUT2D eigenvalue weighted by Crippen LogP contribution is -2.43. The van der Waals surface area contributed by atoms with Gasteiger partial charge < -0.3 is 20.6 Å². The van der Waals surface area contributed by atoms with Crippen molar-refractivity contribution < 1.29 is 14.7 Å². The molecule has 0 heterocycles. The SMILES string of the molecule is CCC(=O)[C@H](Nc1c(Nc2cccc(C(=O)N(C)C)c2O)c(=O)c1=O)C(C)C. The molecule has 0 saturated heterocycles. The number of aromatic hydroxyl groups is 1. The molecule has 0 fully saturated rings. The van der Waals surface area contributed by atoms with Crippen molar-refractivity contribution >= 4 is 28.8 Å². The van der Waals surface area contributed by atoms with Crippen molar-refractivity contribution in [3.05, 3.63) is 44.2 Å². The van der Waals surface area contributed by atoms with Gasteiger partial charge in [0.15, 0.2) is 11.5 Å². The number of Topliss-reactive ketones (excluding diaryl/α,β-unsaturated/α-hetero) is 1. The minimum atomic E-state index is -0.752. The number of phenols is 1. The van der Waals surface area contributed by atoms with Crippen molar-refractivity contribution in [3.8, 4) is 5.75 Å². The summed E-state index contributed by atoms with van der Waals surface area (Å²) in [5.41, 5.74) is -1.33. The molecule has 2 aromatic rings. The van der Waals surface area contributed by atoms with E-state index < -0.39 is 22.8 Å². The molecular weight excluding hydrogens is 362 g/mol. The van der Waals surface area contributed by atoms with Gasteiger partial charge in [-0.15, -0.1) is 0 Å². The van der Waals surface area contributed by atoms with Gasteiger partial charge in [-0.05, 0) is 18.1 Å². The van der Waals surface area contributed by atoms with Crippen LogP contribution in [0.4, 0.5) is 17.1 Å². The molecule has 0 aliphatic rings. The zero-order valence-corrected chi connectivity index (χ0v) is 16.6. The van der Waals surface area contributed by atoms with E-state index in [2.05, 4.69) is 10.6 Å². The summed E-state index contributed by atoms with van der Waals surface area (Å²) in [5.74, 6) is -0.891. The molecule has 2 rings (SSSR count). The van der Waals surface area contributed by atoms with Crippen LogP contribution in [0.2, 0.25) is 0 Å². The fourth-order valence-corrected chi connectivity index (χ4v) is 2.84. The molecule has 3 N–H and O–H groups in total. The first-order valence-corrected chi connectivity index (χ1v) is 9.03. The number of amides is 1. The van der Waals surface area contributed by atoms with Crippen molar-refractivity contribution in [2.75, 3.05) is 24.7 Å². The van der Waals surface area contributed by atoms with Crippen LogP contribution in [0.25, 0.3) is 0 Å². The minimum Gasteiger partial charge on any atom is -0.505 e. The molecule has 0 bridgehead atoms. The van der Waals surface area contributed by atoms with E-state index in [1.807, 2.05) is 13.8 Å². The first kappa shape index (κ1) is 21.1. The lowest BCUT2D eigenvalue weighted by atomic mass is 9.97. The number of hydrogen-bond acceptors (Lipinski definition) is 7. The van der Waals surface area contributed by atoms with E-state index in [-0.39, 0.29) is 40.1 Å². The summed E-state index contributed by atoms with van der Waals surface area (Å²) < 4.78 is 0. The van der Waals surface area contributed by atoms with E-state index >= 15 is 0 Å². The van der Waals surface area contributed by atoms with Gasteiger partial charge in [-0.25, -0.2) is 0 Å². The minimum absolute atomic E-state index is 0.00855. The van der Waals surface area contributed by atoms with Crippen LogP contribution in [0.3, 0.4) is 0 Å². The molecular formula is C20H25N3O5. The van der Waals surface area contributed by atoms with Crippen LogP contribution in [0.5, 0.6) is 5.75 Å². The van der Waals surface area contributed by atoms with Crippen LogP contribution in [0.1, 0.15) is 37.6 Å². The lowest BCUT2D eigenvalue weighted by Gasteiger charge is -2.24. The maximum atomic E-state index is 12.2. The van der Waals surface area contributed by atoms with Crippen LogP contribution in [-0.4, -0.2) is 41.8 Å². The number of nitrogens with zero attached hydrogens (tertiary/aromatic N) is 1. The number of phenolic OH excluding ortho intramolecular Hbond substituents is 1. The topological polar surface area (TPSA) is 116 Å². The second kappa shape index (κ2) is 8.24. The third kappa shape index (κ3) is 3.90. The molecule has 8 heteroatoms. The molecule has 1 atom stereocenters. The van der Waals surface area contributed by atoms with E-state index in [1.165, 1.54) is 17.0 Å². The Hall–Kier alpha value is -3.16. The van der Waals surface area contributed by atoms with Gasteiger partial charge in [-0.3, -0.25) is 19.2 Å². The smallest absolute Gasteiger partial charge is 0.257 e. The molecule has 0 aromatic heterocycles. The van der Waals surface area contributed by atoms with Gasteiger partial charge in [0.2, 0.25) is 0 Å². The molecule has 150 valence electrons. The Morgan fingerprint density at radius 3 is 2.25 bits per heavy atom. The highest BCUT2D eigenvalue weighted by atomic mass is 16.3. The number of carbonyl (C=O) groups is 2. The number of ketones is 1. The number of hydrogen-bond donors (Lipinski definition) is 3. The summed E-state index contributed by atoms with van der Waals surface area (Å²) in [6.45, 7) is 5.41. The number of benzene rings is 1. The average molecular weight is 387 g/mol. The fourth-order valence-electron chi connectivity index (χ4n) is 2.84. The van der Waals surface area contributed by atoms with Crippen LogP contribution in [0, 0.1) is 5.92 Å². The van der Waals surface area contributed by atoms with Gasteiger partial charge in [0.1, 0.15) is 11.4 Å². The van der Waals surface area contributed by atoms with Gasteiger partial charge in [-0.1, -0.05) is 26.8 Å². The molecule has 0 saturated carbocycles. The summed E-state index contributed by atoms with van der Waals surface area (Å²) in [6.07, 6.45) is 0.295. The van der Waals surface area contributed by atoms with Crippen molar-refractivity contribution in [1.82, 2.24) is 4.90 Å². The maximum absolute atomic E-state index is 12.2. The van der Waals surface area contributed by atoms with E-state index in [4.69, 9.17) is 0 Å². The second-order valence-corrected chi connectivity index (χ2v) is 7.12. The standard InChI is InChI=1S/C20H25N3O5/c1-6-13(24)14(10(2)3)22-16-15(18(26)19(16)27)21-12-9-7-8-11(17(12)25)20(28)23(4)5/h7-10,14,21-22,25H,6H2,1-5H3/t14-/m1/s1. The Bertz CT molecular complexity index is 971. The summed E-state index contributed by atoms with van der Waals surface area (Å²) >= 11 is 0. The zero-order valence-electron chi connectivity index (χ0n) is 16.6. The molecule has 0 unspecified atom stereocenters. The molecule has 1 amide bonds. The molecule has 28 heavy (non-hydrogen) atoms. The molecule has 0 spiro atoms. The van der Waals surface area contributed by atoms with E-state index in [0.717, 1.165) is 0 Å². The Labute approximate surface area is 162 Å². The Morgan fingerprint density at radius 2 is 1.71 bits per heavy atom. The Balaban J connectivity index is 2.37. The van der Waals surface area contributed by atoms with Crippen molar-refractivity contribution in [2.24, 2.45) is 5.92 Å². The molecule has 0 aliphatic heterocycles. The van der Waals surface area contributed by atoms with E-state index in [1.54, 1.807) is 27.1 Å². The lowest BCUT2D eigenvalue weighted by molar-refractivity contribution is -0.120. The predicted octanol–water partition coefficient (Wildman–Crippen LogP) is 1.85. The first-order chi connectivity index (χ1) is 13.1. The van der Waals surface area contributed by atoms with Crippen LogP contribution in [-0.2, 0) is 4.79 Å². The highest BCUT2D eigenvalue weighted by molar-refractivity contribution is 5.99. The van der Waals surface area contributed by atoms with Crippen molar-refractivity contribution in [1.29, 1.82) is 0 Å². The molecule has 2 aromatic carbocycles. The van der Waals surface area contributed by atoms with Crippen molar-refractivity contribution in [3.63, 3.8) is 0 Å². The molecule has 8 nitrogen and oxygen atoms in total. The molecule has 0 radical (unpaired) electrons. The number of anilines is 3. The predicted molar refractivity (Wildman–Crippen MR) is 108 cm³/mol.